The highest BCUT2D eigenvalue weighted by atomic mass is 32.2. The number of hydrogen-bond acceptors (Lipinski definition) is 3. The smallest absolute Gasteiger partial charge is 0.0629 e. The third-order valence-electron chi connectivity index (χ3n) is 2.38. The molecule has 0 saturated heterocycles. The zero-order chi connectivity index (χ0) is 11.5. The van der Waals surface area contributed by atoms with E-state index >= 15 is 0 Å². The van der Waals surface area contributed by atoms with Crippen molar-refractivity contribution >= 4 is 11.8 Å². The number of nitrogens with two attached hydrogens (primary N) is 1. The van der Waals surface area contributed by atoms with Crippen LogP contribution < -0.4 is 5.73 Å². The summed E-state index contributed by atoms with van der Waals surface area (Å²) in [5.41, 5.74) is 8.04. The van der Waals surface area contributed by atoms with E-state index < -0.39 is 0 Å². The summed E-state index contributed by atoms with van der Waals surface area (Å²) in [7, 11) is 1.93. The minimum Gasteiger partial charge on any atom is -0.326 e. The van der Waals surface area contributed by atoms with E-state index in [4.69, 9.17) is 5.73 Å². The van der Waals surface area contributed by atoms with Crippen LogP contribution in [0.3, 0.4) is 0 Å². The minimum absolute atomic E-state index is 0.596. The van der Waals surface area contributed by atoms with Crippen molar-refractivity contribution in [1.29, 1.82) is 0 Å². The maximum absolute atomic E-state index is 5.60. The molecule has 0 bridgehead atoms. The molecular weight excluding hydrogens is 218 g/mol. The van der Waals surface area contributed by atoms with Crippen molar-refractivity contribution in [3.05, 3.63) is 41.7 Å². The fraction of sp³-hybridized carbons (Fsp3) is 0.250. The zero-order valence-electron chi connectivity index (χ0n) is 9.47. The molecule has 4 heteroatoms. The van der Waals surface area contributed by atoms with Gasteiger partial charge in [-0.3, -0.25) is 4.68 Å². The van der Waals surface area contributed by atoms with Crippen LogP contribution in [0.1, 0.15) is 11.1 Å². The maximum atomic E-state index is 5.60. The summed E-state index contributed by atoms with van der Waals surface area (Å²) in [4.78, 5) is 2.41. The topological polar surface area (TPSA) is 43.8 Å². The van der Waals surface area contributed by atoms with Gasteiger partial charge in [-0.05, 0) is 24.1 Å². The second-order valence-corrected chi connectivity index (χ2v) is 4.87. The van der Waals surface area contributed by atoms with Gasteiger partial charge in [-0.15, -0.1) is 0 Å². The summed E-state index contributed by atoms with van der Waals surface area (Å²) in [6, 6.07) is 6.33. The maximum Gasteiger partial charge on any atom is 0.0629 e. The molecule has 0 aliphatic carbocycles. The van der Waals surface area contributed by atoms with Crippen molar-refractivity contribution in [3.63, 3.8) is 0 Å². The van der Waals surface area contributed by atoms with E-state index in [1.54, 1.807) is 11.8 Å². The largest absolute Gasteiger partial charge is 0.326 e. The molecule has 0 amide bonds. The molecule has 84 valence electrons. The lowest BCUT2D eigenvalue weighted by Gasteiger charge is -2.05. The molecular formula is C12H15N3S. The third-order valence-corrected chi connectivity index (χ3v) is 3.51. The number of benzene rings is 1. The van der Waals surface area contributed by atoms with Crippen LogP contribution >= 0.6 is 11.8 Å². The summed E-state index contributed by atoms with van der Waals surface area (Å²) in [5.74, 6) is 0. The van der Waals surface area contributed by atoms with E-state index in [1.807, 2.05) is 24.1 Å². The molecule has 0 aliphatic heterocycles. The second-order valence-electron chi connectivity index (χ2n) is 3.76. The van der Waals surface area contributed by atoms with Crippen LogP contribution in [0.4, 0.5) is 0 Å². The molecule has 16 heavy (non-hydrogen) atoms. The molecule has 1 heterocycles. The highest BCUT2D eigenvalue weighted by Crippen LogP contribution is 2.30. The fourth-order valence-electron chi connectivity index (χ4n) is 1.53. The lowest BCUT2D eigenvalue weighted by molar-refractivity contribution is 0.766. The predicted molar refractivity (Wildman–Crippen MR) is 66.4 cm³/mol. The normalized spacial score (nSPS) is 10.7. The lowest BCUT2D eigenvalue weighted by Crippen LogP contribution is -1.96. The van der Waals surface area contributed by atoms with Gasteiger partial charge in [0, 0.05) is 24.7 Å². The van der Waals surface area contributed by atoms with Crippen molar-refractivity contribution in [1.82, 2.24) is 9.78 Å². The summed E-state index contributed by atoms with van der Waals surface area (Å²) in [6.07, 6.45) is 3.89. The molecule has 2 N–H and O–H groups in total. The van der Waals surface area contributed by atoms with Gasteiger partial charge < -0.3 is 5.73 Å². The van der Waals surface area contributed by atoms with Crippen LogP contribution in [-0.2, 0) is 13.6 Å². The molecule has 0 unspecified atom stereocenters. The Morgan fingerprint density at radius 2 is 2.25 bits per heavy atom. The molecule has 0 atom stereocenters. The van der Waals surface area contributed by atoms with Gasteiger partial charge in [-0.25, -0.2) is 0 Å². The van der Waals surface area contributed by atoms with Crippen LogP contribution in [-0.4, -0.2) is 9.78 Å². The fourth-order valence-corrected chi connectivity index (χ4v) is 2.45. The zero-order valence-corrected chi connectivity index (χ0v) is 10.3. The Bertz CT molecular complexity index is 491. The third kappa shape index (κ3) is 2.46. The first-order chi connectivity index (χ1) is 7.69. The predicted octanol–water partition coefficient (Wildman–Crippen LogP) is 2.34. The van der Waals surface area contributed by atoms with Gasteiger partial charge in [-0.1, -0.05) is 23.9 Å². The standard InChI is InChI=1S/C12H15N3S/c1-9-5-10(6-13)3-4-12(9)16-11-7-14-15(2)8-11/h3-5,7-8H,6,13H2,1-2H3. The van der Waals surface area contributed by atoms with Gasteiger partial charge in [0.1, 0.15) is 0 Å². The molecule has 0 saturated carbocycles. The van der Waals surface area contributed by atoms with Crippen molar-refractivity contribution in [2.45, 2.75) is 23.3 Å². The van der Waals surface area contributed by atoms with Gasteiger partial charge in [-0.2, -0.15) is 5.10 Å². The average Bonchev–Trinajstić information content (AvgIpc) is 2.67. The van der Waals surface area contributed by atoms with Gasteiger partial charge in [0.05, 0.1) is 11.1 Å². The lowest BCUT2D eigenvalue weighted by atomic mass is 10.1. The van der Waals surface area contributed by atoms with Crippen LogP contribution in [0, 0.1) is 6.92 Å². The Morgan fingerprint density at radius 3 is 2.81 bits per heavy atom. The van der Waals surface area contributed by atoms with E-state index in [2.05, 4.69) is 30.2 Å². The molecule has 0 aliphatic rings. The van der Waals surface area contributed by atoms with E-state index in [9.17, 15) is 0 Å². The van der Waals surface area contributed by atoms with Gasteiger partial charge in [0.2, 0.25) is 0 Å². The van der Waals surface area contributed by atoms with Crippen molar-refractivity contribution < 1.29 is 0 Å². The first-order valence-electron chi connectivity index (χ1n) is 5.15. The Hall–Kier alpha value is -1.26. The van der Waals surface area contributed by atoms with Gasteiger partial charge in [0.25, 0.3) is 0 Å². The van der Waals surface area contributed by atoms with Crippen molar-refractivity contribution in [3.8, 4) is 0 Å². The van der Waals surface area contributed by atoms with E-state index in [-0.39, 0.29) is 0 Å². The first kappa shape index (κ1) is 11.2. The van der Waals surface area contributed by atoms with E-state index in [0.717, 1.165) is 4.90 Å². The van der Waals surface area contributed by atoms with Crippen LogP contribution in [0.25, 0.3) is 0 Å². The molecule has 0 fully saturated rings. The molecule has 0 spiro atoms. The quantitative estimate of drug-likeness (QED) is 0.885. The Labute approximate surface area is 99.7 Å². The molecule has 2 aromatic rings. The van der Waals surface area contributed by atoms with Crippen molar-refractivity contribution in [2.24, 2.45) is 12.8 Å². The van der Waals surface area contributed by atoms with Gasteiger partial charge >= 0.3 is 0 Å². The summed E-state index contributed by atoms with van der Waals surface area (Å²) < 4.78 is 1.81. The second kappa shape index (κ2) is 4.72. The van der Waals surface area contributed by atoms with E-state index in [1.165, 1.54) is 16.0 Å². The molecule has 3 nitrogen and oxygen atoms in total. The average molecular weight is 233 g/mol. The molecule has 1 aromatic heterocycles. The monoisotopic (exact) mass is 233 g/mol. The van der Waals surface area contributed by atoms with E-state index in [0.29, 0.717) is 6.54 Å². The number of nitrogens with zero attached hydrogens (tertiary/aromatic N) is 2. The number of aromatic nitrogens is 2. The van der Waals surface area contributed by atoms with Gasteiger partial charge in [0.15, 0.2) is 0 Å². The van der Waals surface area contributed by atoms with Crippen molar-refractivity contribution in [2.75, 3.05) is 0 Å². The molecule has 1 aromatic carbocycles. The molecule has 2 rings (SSSR count). The Morgan fingerprint density at radius 1 is 1.44 bits per heavy atom. The number of aryl methyl sites for hydroxylation is 2. The van der Waals surface area contributed by atoms with Crippen LogP contribution in [0.5, 0.6) is 0 Å². The summed E-state index contributed by atoms with van der Waals surface area (Å²) in [6.45, 7) is 2.70. The highest BCUT2D eigenvalue weighted by Gasteiger charge is 2.03. The Kier molecular flexibility index (Phi) is 3.31. The minimum atomic E-state index is 0.596. The Balaban J connectivity index is 2.21. The molecule has 0 radical (unpaired) electrons. The number of hydrogen-bond donors (Lipinski definition) is 1. The van der Waals surface area contributed by atoms with Crippen LogP contribution in [0.15, 0.2) is 40.4 Å². The number of rotatable bonds is 3. The van der Waals surface area contributed by atoms with Crippen LogP contribution in [0.2, 0.25) is 0 Å². The SMILES string of the molecule is Cc1cc(CN)ccc1Sc1cnn(C)c1. The highest BCUT2D eigenvalue weighted by molar-refractivity contribution is 7.99. The summed E-state index contributed by atoms with van der Waals surface area (Å²) >= 11 is 1.73. The summed E-state index contributed by atoms with van der Waals surface area (Å²) in [5, 5.41) is 4.15. The first-order valence-corrected chi connectivity index (χ1v) is 5.97.